The summed E-state index contributed by atoms with van der Waals surface area (Å²) in [6.45, 7) is 0.501. The zero-order chi connectivity index (χ0) is 10.7. The van der Waals surface area contributed by atoms with Crippen LogP contribution in [0.15, 0.2) is 47.1 Å². The zero-order valence-electron chi connectivity index (χ0n) is 8.26. The Balaban J connectivity index is 2.07. The van der Waals surface area contributed by atoms with Crippen LogP contribution in [0.2, 0.25) is 0 Å². The Morgan fingerprint density at radius 3 is 2.53 bits per heavy atom. The van der Waals surface area contributed by atoms with Crippen LogP contribution in [0.1, 0.15) is 5.76 Å². The average Bonchev–Trinajstić information content (AvgIpc) is 2.65. The molecule has 0 spiro atoms. The highest BCUT2D eigenvalue weighted by Gasteiger charge is 2.05. The van der Waals surface area contributed by atoms with E-state index >= 15 is 0 Å². The van der Waals surface area contributed by atoms with Crippen molar-refractivity contribution in [1.82, 2.24) is 0 Å². The minimum Gasteiger partial charge on any atom is -0.465 e. The van der Waals surface area contributed by atoms with Crippen molar-refractivity contribution in [1.29, 1.82) is 0 Å². The highest BCUT2D eigenvalue weighted by atomic mass is 16.3. The summed E-state index contributed by atoms with van der Waals surface area (Å²) >= 11 is 0. The number of hydrogen-bond acceptors (Lipinski definition) is 4. The number of nitrogens with two attached hydrogens (primary N) is 2. The number of nitrogens with zero attached hydrogens (tertiary/aromatic N) is 1. The second-order valence-corrected chi connectivity index (χ2v) is 3.31. The Morgan fingerprint density at radius 1 is 1.20 bits per heavy atom. The highest BCUT2D eigenvalue weighted by Crippen LogP contribution is 2.15. The van der Waals surface area contributed by atoms with Crippen molar-refractivity contribution in [2.24, 2.45) is 5.84 Å². The smallest absolute Gasteiger partial charge is 0.126 e. The van der Waals surface area contributed by atoms with Gasteiger partial charge in [0.15, 0.2) is 0 Å². The lowest BCUT2D eigenvalue weighted by Gasteiger charge is -2.16. The van der Waals surface area contributed by atoms with Crippen molar-refractivity contribution in [2.45, 2.75) is 6.54 Å². The summed E-state index contributed by atoms with van der Waals surface area (Å²) < 4.78 is 5.21. The molecule has 1 aromatic carbocycles. The van der Waals surface area contributed by atoms with E-state index in [0.29, 0.717) is 12.2 Å². The third-order valence-corrected chi connectivity index (χ3v) is 2.09. The number of nitrogen functional groups attached to an aromatic ring is 1. The molecule has 0 saturated heterocycles. The molecule has 0 aliphatic carbocycles. The molecule has 0 saturated carbocycles. The average molecular weight is 203 g/mol. The molecule has 0 unspecified atom stereocenters. The molecule has 1 heterocycles. The van der Waals surface area contributed by atoms with Crippen LogP contribution < -0.4 is 16.6 Å². The maximum Gasteiger partial charge on any atom is 0.126 e. The van der Waals surface area contributed by atoms with Gasteiger partial charge >= 0.3 is 0 Å². The molecular formula is C11H13N3O. The quantitative estimate of drug-likeness (QED) is 0.589. The first-order chi connectivity index (χ1) is 7.25. The second kappa shape index (κ2) is 4.06. The molecule has 2 aromatic rings. The fourth-order valence-electron chi connectivity index (χ4n) is 1.36. The number of anilines is 2. The SMILES string of the molecule is Nc1coc(CN(N)c2ccccc2)c1. The molecule has 15 heavy (non-hydrogen) atoms. The predicted molar refractivity (Wildman–Crippen MR) is 59.9 cm³/mol. The van der Waals surface area contributed by atoms with Crippen LogP contribution in [-0.4, -0.2) is 0 Å². The van der Waals surface area contributed by atoms with E-state index in [1.54, 1.807) is 11.1 Å². The standard InChI is InChI=1S/C11H13N3O/c12-9-6-11(15-8-9)7-14(13)10-4-2-1-3-5-10/h1-6,8H,7,12-13H2. The third-order valence-electron chi connectivity index (χ3n) is 2.09. The molecule has 0 radical (unpaired) electrons. The summed E-state index contributed by atoms with van der Waals surface area (Å²) in [6.07, 6.45) is 1.51. The van der Waals surface area contributed by atoms with E-state index in [1.807, 2.05) is 30.3 Å². The summed E-state index contributed by atoms with van der Waals surface area (Å²) in [5.41, 5.74) is 7.09. The van der Waals surface area contributed by atoms with Crippen molar-refractivity contribution in [2.75, 3.05) is 10.7 Å². The van der Waals surface area contributed by atoms with Gasteiger partial charge in [0.05, 0.1) is 17.9 Å². The number of hydrazine groups is 1. The van der Waals surface area contributed by atoms with Gasteiger partial charge in [0, 0.05) is 6.07 Å². The van der Waals surface area contributed by atoms with Crippen molar-refractivity contribution in [3.05, 3.63) is 48.4 Å². The molecule has 0 bridgehead atoms. The van der Waals surface area contributed by atoms with Crippen molar-refractivity contribution in [3.8, 4) is 0 Å². The minimum atomic E-state index is 0.501. The van der Waals surface area contributed by atoms with Crippen LogP contribution >= 0.6 is 0 Å². The maximum absolute atomic E-state index is 5.87. The molecular weight excluding hydrogens is 190 g/mol. The number of benzene rings is 1. The number of rotatable bonds is 3. The summed E-state index contributed by atoms with van der Waals surface area (Å²) in [5, 5.41) is 1.61. The van der Waals surface area contributed by atoms with Crippen LogP contribution in [0.4, 0.5) is 11.4 Å². The van der Waals surface area contributed by atoms with Crippen molar-refractivity contribution >= 4 is 11.4 Å². The van der Waals surface area contributed by atoms with E-state index in [9.17, 15) is 0 Å². The van der Waals surface area contributed by atoms with E-state index in [1.165, 1.54) is 6.26 Å². The van der Waals surface area contributed by atoms with Crippen LogP contribution in [0.5, 0.6) is 0 Å². The van der Waals surface area contributed by atoms with Crippen LogP contribution in [0.3, 0.4) is 0 Å². The number of para-hydroxylation sites is 1. The molecule has 0 fully saturated rings. The lowest BCUT2D eigenvalue weighted by atomic mass is 10.3. The largest absolute Gasteiger partial charge is 0.465 e. The summed E-state index contributed by atoms with van der Waals surface area (Å²) in [4.78, 5) is 0. The zero-order valence-corrected chi connectivity index (χ0v) is 8.26. The van der Waals surface area contributed by atoms with E-state index in [4.69, 9.17) is 16.0 Å². The first kappa shape index (κ1) is 9.61. The van der Waals surface area contributed by atoms with Gasteiger partial charge in [-0.3, -0.25) is 0 Å². The van der Waals surface area contributed by atoms with Crippen LogP contribution in [-0.2, 0) is 6.54 Å². The molecule has 0 aliphatic heterocycles. The molecule has 4 nitrogen and oxygen atoms in total. The number of furan rings is 1. The van der Waals surface area contributed by atoms with E-state index < -0.39 is 0 Å². The highest BCUT2D eigenvalue weighted by molar-refractivity contribution is 5.45. The van der Waals surface area contributed by atoms with E-state index in [0.717, 1.165) is 11.4 Å². The van der Waals surface area contributed by atoms with Gasteiger partial charge in [-0.15, -0.1) is 0 Å². The lowest BCUT2D eigenvalue weighted by molar-refractivity contribution is 0.504. The summed E-state index contributed by atoms with van der Waals surface area (Å²) in [5.74, 6) is 6.62. The summed E-state index contributed by atoms with van der Waals surface area (Å²) in [7, 11) is 0. The Hall–Kier alpha value is -1.94. The summed E-state index contributed by atoms with van der Waals surface area (Å²) in [6, 6.07) is 11.5. The van der Waals surface area contributed by atoms with Gasteiger partial charge in [-0.25, -0.2) is 5.84 Å². The Morgan fingerprint density at radius 2 is 1.93 bits per heavy atom. The van der Waals surface area contributed by atoms with Crippen LogP contribution in [0.25, 0.3) is 0 Å². The fourth-order valence-corrected chi connectivity index (χ4v) is 1.36. The molecule has 0 aliphatic rings. The van der Waals surface area contributed by atoms with Crippen LogP contribution in [0, 0.1) is 0 Å². The molecule has 78 valence electrons. The van der Waals surface area contributed by atoms with Crippen molar-refractivity contribution < 1.29 is 4.42 Å². The Labute approximate surface area is 88.1 Å². The molecule has 0 atom stereocenters. The molecule has 0 amide bonds. The topological polar surface area (TPSA) is 68.4 Å². The molecule has 4 N–H and O–H groups in total. The van der Waals surface area contributed by atoms with Gasteiger partial charge in [0.25, 0.3) is 0 Å². The molecule has 4 heteroatoms. The number of hydrogen-bond donors (Lipinski definition) is 2. The minimum absolute atomic E-state index is 0.501. The van der Waals surface area contributed by atoms with Gasteiger partial charge in [-0.05, 0) is 12.1 Å². The van der Waals surface area contributed by atoms with Gasteiger partial charge in [0.2, 0.25) is 0 Å². The molecule has 1 aromatic heterocycles. The van der Waals surface area contributed by atoms with E-state index in [2.05, 4.69) is 0 Å². The monoisotopic (exact) mass is 203 g/mol. The normalized spacial score (nSPS) is 10.2. The molecule has 2 rings (SSSR count). The van der Waals surface area contributed by atoms with Gasteiger partial charge in [-0.2, -0.15) is 0 Å². The third kappa shape index (κ3) is 2.30. The van der Waals surface area contributed by atoms with Crippen molar-refractivity contribution in [3.63, 3.8) is 0 Å². The maximum atomic E-state index is 5.87. The van der Waals surface area contributed by atoms with Gasteiger partial charge in [0.1, 0.15) is 12.0 Å². The predicted octanol–water partition coefficient (Wildman–Crippen LogP) is 1.74. The van der Waals surface area contributed by atoms with Gasteiger partial charge < -0.3 is 15.2 Å². The Kier molecular flexibility index (Phi) is 2.60. The Bertz CT molecular complexity index is 424. The first-order valence-electron chi connectivity index (χ1n) is 4.66. The van der Waals surface area contributed by atoms with Gasteiger partial charge in [-0.1, -0.05) is 18.2 Å². The fraction of sp³-hybridized carbons (Fsp3) is 0.0909. The van der Waals surface area contributed by atoms with E-state index in [-0.39, 0.29) is 0 Å². The lowest BCUT2D eigenvalue weighted by Crippen LogP contribution is -2.29. The first-order valence-corrected chi connectivity index (χ1v) is 4.66. The second-order valence-electron chi connectivity index (χ2n) is 3.31.